The van der Waals surface area contributed by atoms with E-state index in [1.807, 2.05) is 24.3 Å². The minimum absolute atomic E-state index is 0.393. The second kappa shape index (κ2) is 8.18. The summed E-state index contributed by atoms with van der Waals surface area (Å²) < 4.78 is 26.6. The molecule has 1 aliphatic heterocycles. The van der Waals surface area contributed by atoms with Gasteiger partial charge in [-0.15, -0.1) is 0 Å². The molecule has 27 heavy (non-hydrogen) atoms. The second-order valence-corrected chi connectivity index (χ2v) is 5.94. The fourth-order valence-corrected chi connectivity index (χ4v) is 3.14. The van der Waals surface area contributed by atoms with E-state index in [1.54, 1.807) is 20.3 Å². The van der Waals surface area contributed by atoms with Crippen molar-refractivity contribution in [2.45, 2.75) is 12.6 Å². The van der Waals surface area contributed by atoms with Gasteiger partial charge < -0.3 is 23.7 Å². The number of rotatable bonds is 8. The molecule has 0 saturated carbocycles. The Morgan fingerprint density at radius 3 is 2.30 bits per heavy atom. The summed E-state index contributed by atoms with van der Waals surface area (Å²) in [5.41, 5.74) is 2.22. The Bertz CT molecular complexity index is 835. The van der Waals surface area contributed by atoms with Gasteiger partial charge in [-0.1, -0.05) is 6.07 Å². The van der Waals surface area contributed by atoms with E-state index in [1.165, 1.54) is 14.2 Å². The van der Waals surface area contributed by atoms with Crippen LogP contribution in [0.25, 0.3) is 0 Å². The molecular formula is C20H23NO6. The summed E-state index contributed by atoms with van der Waals surface area (Å²) in [6.45, 7) is 0.612. The molecule has 144 valence electrons. The Balaban J connectivity index is 1.70. The molecule has 1 heterocycles. The van der Waals surface area contributed by atoms with E-state index in [4.69, 9.17) is 23.7 Å². The molecule has 2 aromatic rings. The van der Waals surface area contributed by atoms with Gasteiger partial charge in [0.15, 0.2) is 29.2 Å². The highest BCUT2D eigenvalue weighted by atomic mass is 16.6. The van der Waals surface area contributed by atoms with Crippen LogP contribution in [0, 0.1) is 0 Å². The molecule has 1 atom stereocenters. The van der Waals surface area contributed by atoms with Crippen molar-refractivity contribution in [1.82, 2.24) is 5.32 Å². The van der Waals surface area contributed by atoms with Crippen LogP contribution >= 0.6 is 0 Å². The first-order chi connectivity index (χ1) is 13.1. The van der Waals surface area contributed by atoms with Gasteiger partial charge in [0.05, 0.1) is 28.4 Å². The third-order valence-electron chi connectivity index (χ3n) is 4.48. The van der Waals surface area contributed by atoms with Gasteiger partial charge in [0.25, 0.3) is 0 Å². The first-order valence-electron chi connectivity index (χ1n) is 8.53. The monoisotopic (exact) mass is 373 g/mol. The number of carbonyl (C=O) groups excluding carboxylic acids is 1. The Morgan fingerprint density at radius 1 is 0.926 bits per heavy atom. The zero-order chi connectivity index (χ0) is 19.4. The molecule has 0 bridgehead atoms. The van der Waals surface area contributed by atoms with E-state index in [9.17, 15) is 4.79 Å². The van der Waals surface area contributed by atoms with Crippen molar-refractivity contribution in [2.24, 2.45) is 0 Å². The fourth-order valence-electron chi connectivity index (χ4n) is 3.14. The molecule has 0 aliphatic carbocycles. The molecule has 7 nitrogen and oxygen atoms in total. The highest BCUT2D eigenvalue weighted by molar-refractivity contribution is 5.98. The maximum absolute atomic E-state index is 12.3. The normalized spacial score (nSPS) is 15.1. The molecule has 0 amide bonds. The summed E-state index contributed by atoms with van der Waals surface area (Å²) in [7, 11) is 6.25. The SMILES string of the molecule is COc1ccc(CCNC2OC(=O)c3c2ccc(OC)c3OC)cc1OC. The summed E-state index contributed by atoms with van der Waals surface area (Å²) >= 11 is 0. The average Bonchev–Trinajstić information content (AvgIpc) is 3.02. The summed E-state index contributed by atoms with van der Waals surface area (Å²) in [6, 6.07) is 9.36. The molecule has 7 heteroatoms. The number of cyclic esters (lactones) is 1. The number of esters is 1. The van der Waals surface area contributed by atoms with E-state index in [0.717, 1.165) is 17.5 Å². The topological polar surface area (TPSA) is 75.3 Å². The van der Waals surface area contributed by atoms with E-state index >= 15 is 0 Å². The van der Waals surface area contributed by atoms with E-state index in [2.05, 4.69) is 5.32 Å². The highest BCUT2D eigenvalue weighted by Crippen LogP contribution is 2.40. The van der Waals surface area contributed by atoms with Crippen LogP contribution in [-0.2, 0) is 11.2 Å². The number of hydrogen-bond donors (Lipinski definition) is 1. The van der Waals surface area contributed by atoms with Crippen molar-refractivity contribution in [3.05, 3.63) is 47.0 Å². The lowest BCUT2D eigenvalue weighted by atomic mass is 10.1. The summed E-state index contributed by atoms with van der Waals surface area (Å²) in [5.74, 6) is 1.84. The highest BCUT2D eigenvalue weighted by Gasteiger charge is 2.35. The molecule has 0 spiro atoms. The minimum Gasteiger partial charge on any atom is -0.493 e. The number of hydrogen-bond acceptors (Lipinski definition) is 7. The lowest BCUT2D eigenvalue weighted by molar-refractivity contribution is 0.0309. The quantitative estimate of drug-likeness (QED) is 0.713. The van der Waals surface area contributed by atoms with Crippen molar-refractivity contribution in [3.8, 4) is 23.0 Å². The third kappa shape index (κ3) is 3.64. The largest absolute Gasteiger partial charge is 0.493 e. The number of benzene rings is 2. The predicted molar refractivity (Wildman–Crippen MR) is 99.0 cm³/mol. The molecule has 0 radical (unpaired) electrons. The van der Waals surface area contributed by atoms with Gasteiger partial charge in [0, 0.05) is 12.1 Å². The van der Waals surface area contributed by atoms with E-state index < -0.39 is 12.2 Å². The Kier molecular flexibility index (Phi) is 5.71. The first kappa shape index (κ1) is 18.8. The predicted octanol–water partition coefficient (Wildman–Crippen LogP) is 2.72. The molecule has 2 aromatic carbocycles. The summed E-state index contributed by atoms with van der Waals surface area (Å²) in [6.07, 6.45) is 0.212. The fraction of sp³-hybridized carbons (Fsp3) is 0.350. The van der Waals surface area contributed by atoms with E-state index in [-0.39, 0.29) is 0 Å². The van der Waals surface area contributed by atoms with Crippen LogP contribution in [-0.4, -0.2) is 41.0 Å². The number of methoxy groups -OCH3 is 4. The van der Waals surface area contributed by atoms with Crippen LogP contribution in [0.3, 0.4) is 0 Å². The van der Waals surface area contributed by atoms with Gasteiger partial charge in [-0.05, 0) is 36.2 Å². The lowest BCUT2D eigenvalue weighted by Crippen LogP contribution is -2.23. The Labute approximate surface area is 158 Å². The van der Waals surface area contributed by atoms with Crippen molar-refractivity contribution in [2.75, 3.05) is 35.0 Å². The van der Waals surface area contributed by atoms with Crippen LogP contribution in [0.15, 0.2) is 30.3 Å². The van der Waals surface area contributed by atoms with Crippen LogP contribution < -0.4 is 24.3 Å². The van der Waals surface area contributed by atoms with Crippen LogP contribution in [0.2, 0.25) is 0 Å². The van der Waals surface area contributed by atoms with E-state index in [0.29, 0.717) is 35.1 Å². The molecule has 0 aromatic heterocycles. The lowest BCUT2D eigenvalue weighted by Gasteiger charge is -2.14. The van der Waals surface area contributed by atoms with Crippen molar-refractivity contribution < 1.29 is 28.5 Å². The maximum atomic E-state index is 12.3. The van der Waals surface area contributed by atoms with Crippen molar-refractivity contribution >= 4 is 5.97 Å². The Hall–Kier alpha value is -2.93. The van der Waals surface area contributed by atoms with Crippen LogP contribution in [0.1, 0.15) is 27.7 Å². The molecule has 1 unspecified atom stereocenters. The number of fused-ring (bicyclic) bond motifs is 1. The molecule has 1 aliphatic rings. The van der Waals surface area contributed by atoms with Gasteiger partial charge in [-0.25, -0.2) is 4.79 Å². The van der Waals surface area contributed by atoms with Crippen LogP contribution in [0.4, 0.5) is 0 Å². The molecule has 0 saturated heterocycles. The molecular weight excluding hydrogens is 350 g/mol. The van der Waals surface area contributed by atoms with Crippen molar-refractivity contribution in [1.29, 1.82) is 0 Å². The first-order valence-corrected chi connectivity index (χ1v) is 8.53. The number of carbonyl (C=O) groups is 1. The summed E-state index contributed by atoms with van der Waals surface area (Å²) in [5, 5.41) is 3.26. The smallest absolute Gasteiger partial charge is 0.344 e. The van der Waals surface area contributed by atoms with Gasteiger partial charge in [-0.2, -0.15) is 0 Å². The van der Waals surface area contributed by atoms with Gasteiger partial charge in [-0.3, -0.25) is 5.32 Å². The van der Waals surface area contributed by atoms with Crippen molar-refractivity contribution in [3.63, 3.8) is 0 Å². The van der Waals surface area contributed by atoms with Gasteiger partial charge in [0.2, 0.25) is 0 Å². The second-order valence-electron chi connectivity index (χ2n) is 5.94. The number of ether oxygens (including phenoxy) is 5. The third-order valence-corrected chi connectivity index (χ3v) is 4.48. The average molecular weight is 373 g/mol. The number of nitrogens with one attached hydrogen (secondary N) is 1. The minimum atomic E-state index is -0.521. The zero-order valence-corrected chi connectivity index (χ0v) is 15.8. The molecule has 1 N–H and O–H groups in total. The molecule has 3 rings (SSSR count). The Morgan fingerprint density at radius 2 is 1.63 bits per heavy atom. The van der Waals surface area contributed by atoms with Gasteiger partial charge in [0.1, 0.15) is 5.56 Å². The summed E-state index contributed by atoms with van der Waals surface area (Å²) in [4.78, 5) is 12.3. The maximum Gasteiger partial charge on any atom is 0.344 e. The standard InChI is InChI=1S/C20H23NO6/c1-23-14-7-5-12(11-16(14)25-3)9-10-21-19-13-6-8-15(24-2)18(26-4)17(13)20(22)27-19/h5-8,11,19,21H,9-10H2,1-4H3. The van der Waals surface area contributed by atoms with Gasteiger partial charge >= 0.3 is 5.97 Å². The molecule has 0 fully saturated rings. The van der Waals surface area contributed by atoms with Crippen LogP contribution in [0.5, 0.6) is 23.0 Å². The zero-order valence-electron chi connectivity index (χ0n) is 15.8.